The first kappa shape index (κ1) is 9.15. The van der Waals surface area contributed by atoms with Crippen LogP contribution in [0, 0.1) is 12.7 Å². The largest absolute Gasteiger partial charge is 0.324 e. The highest BCUT2D eigenvalue weighted by molar-refractivity contribution is 6.06. The van der Waals surface area contributed by atoms with Gasteiger partial charge in [-0.25, -0.2) is 4.39 Å². The molecule has 1 atom stereocenters. The molecule has 14 heavy (non-hydrogen) atoms. The molecule has 0 spiro atoms. The van der Waals surface area contributed by atoms with Crippen LogP contribution in [0.25, 0.3) is 0 Å². The molecule has 0 unspecified atom stereocenters. The summed E-state index contributed by atoms with van der Waals surface area (Å²) in [6, 6.07) is 2.88. The lowest BCUT2D eigenvalue weighted by molar-refractivity contribution is -0.120. The van der Waals surface area contributed by atoms with Gasteiger partial charge in [0.25, 0.3) is 0 Å². The number of nitrogens with one attached hydrogen (secondary N) is 1. The minimum absolute atomic E-state index is 0.291. The highest BCUT2D eigenvalue weighted by atomic mass is 19.1. The molecular formula is C10H11FN2O. The Balaban J connectivity index is 2.70. The maximum absolute atomic E-state index is 13.2. The molecule has 0 aliphatic carbocycles. The molecule has 1 aliphatic heterocycles. The molecule has 0 bridgehead atoms. The van der Waals surface area contributed by atoms with Crippen LogP contribution in [0.5, 0.6) is 0 Å². The number of rotatable bonds is 0. The average Bonchev–Trinajstić information content (AvgIpc) is 2.33. The summed E-state index contributed by atoms with van der Waals surface area (Å²) in [7, 11) is 0. The van der Waals surface area contributed by atoms with Gasteiger partial charge in [-0.2, -0.15) is 0 Å². The summed E-state index contributed by atoms with van der Waals surface area (Å²) in [5.41, 5.74) is 6.37. The van der Waals surface area contributed by atoms with Gasteiger partial charge >= 0.3 is 0 Å². The van der Waals surface area contributed by atoms with Crippen LogP contribution < -0.4 is 11.1 Å². The second-order valence-corrected chi connectivity index (χ2v) is 3.75. The van der Waals surface area contributed by atoms with Crippen molar-refractivity contribution in [3.63, 3.8) is 0 Å². The summed E-state index contributed by atoms with van der Waals surface area (Å²) in [5.74, 6) is -0.622. The van der Waals surface area contributed by atoms with Gasteiger partial charge in [0.15, 0.2) is 0 Å². The second kappa shape index (κ2) is 2.54. The van der Waals surface area contributed by atoms with E-state index in [2.05, 4.69) is 5.32 Å². The molecule has 3 N–H and O–H groups in total. The van der Waals surface area contributed by atoms with Crippen LogP contribution >= 0.6 is 0 Å². The Hall–Kier alpha value is -1.42. The fourth-order valence-electron chi connectivity index (χ4n) is 1.65. The highest BCUT2D eigenvalue weighted by Gasteiger charge is 2.40. The lowest BCUT2D eigenvalue weighted by atomic mass is 9.94. The molecular weight excluding hydrogens is 183 g/mol. The molecule has 1 aromatic carbocycles. The van der Waals surface area contributed by atoms with E-state index in [1.165, 1.54) is 6.07 Å². The van der Waals surface area contributed by atoms with Crippen molar-refractivity contribution < 1.29 is 9.18 Å². The van der Waals surface area contributed by atoms with Gasteiger partial charge in [-0.1, -0.05) is 6.07 Å². The standard InChI is InChI=1S/C10H11FN2O/c1-5-7(11)4-3-6-8(5)13-9(14)10(6,2)12/h3-4H,12H2,1-2H3,(H,13,14)/t10-/m0/s1. The fraction of sp³-hybridized carbons (Fsp3) is 0.300. The fourth-order valence-corrected chi connectivity index (χ4v) is 1.65. The minimum Gasteiger partial charge on any atom is -0.324 e. The van der Waals surface area contributed by atoms with E-state index in [0.29, 0.717) is 16.8 Å². The summed E-state index contributed by atoms with van der Waals surface area (Å²) in [5, 5.41) is 2.59. The number of fused-ring (bicyclic) bond motifs is 1. The summed E-state index contributed by atoms with van der Waals surface area (Å²) in [6.07, 6.45) is 0. The zero-order valence-electron chi connectivity index (χ0n) is 8.02. The van der Waals surface area contributed by atoms with Crippen molar-refractivity contribution in [2.75, 3.05) is 5.32 Å². The highest BCUT2D eigenvalue weighted by Crippen LogP contribution is 2.36. The Morgan fingerprint density at radius 1 is 1.50 bits per heavy atom. The first-order chi connectivity index (χ1) is 6.44. The molecule has 74 valence electrons. The molecule has 0 saturated heterocycles. The van der Waals surface area contributed by atoms with E-state index in [9.17, 15) is 9.18 Å². The lowest BCUT2D eigenvalue weighted by Crippen LogP contribution is -2.40. The number of amides is 1. The number of hydrogen-bond acceptors (Lipinski definition) is 2. The van der Waals surface area contributed by atoms with Gasteiger partial charge in [0.1, 0.15) is 11.4 Å². The van der Waals surface area contributed by atoms with Gasteiger partial charge in [-0.3, -0.25) is 4.79 Å². The third-order valence-corrected chi connectivity index (χ3v) is 2.67. The smallest absolute Gasteiger partial charge is 0.248 e. The van der Waals surface area contributed by atoms with E-state index in [4.69, 9.17) is 5.73 Å². The molecule has 0 saturated carbocycles. The van der Waals surface area contributed by atoms with E-state index in [1.54, 1.807) is 19.9 Å². The summed E-state index contributed by atoms with van der Waals surface area (Å²) < 4.78 is 13.2. The van der Waals surface area contributed by atoms with Crippen molar-refractivity contribution in [2.24, 2.45) is 5.73 Å². The van der Waals surface area contributed by atoms with Crippen molar-refractivity contribution in [2.45, 2.75) is 19.4 Å². The van der Waals surface area contributed by atoms with E-state index in [0.717, 1.165) is 0 Å². The van der Waals surface area contributed by atoms with Crippen LogP contribution in [0.3, 0.4) is 0 Å². The molecule has 1 heterocycles. The second-order valence-electron chi connectivity index (χ2n) is 3.75. The number of anilines is 1. The maximum atomic E-state index is 13.2. The molecule has 1 aliphatic rings. The number of halogens is 1. The summed E-state index contributed by atoms with van der Waals surface area (Å²) >= 11 is 0. The van der Waals surface area contributed by atoms with Gasteiger partial charge in [0.05, 0.1) is 5.69 Å². The quantitative estimate of drug-likeness (QED) is 0.653. The van der Waals surface area contributed by atoms with Crippen LogP contribution in [0.15, 0.2) is 12.1 Å². The van der Waals surface area contributed by atoms with Crippen molar-refractivity contribution in [3.05, 3.63) is 29.1 Å². The Kier molecular flexibility index (Phi) is 1.66. The number of hydrogen-bond donors (Lipinski definition) is 2. The third kappa shape index (κ3) is 0.974. The Bertz CT molecular complexity index is 426. The predicted octanol–water partition coefficient (Wildman–Crippen LogP) is 1.26. The van der Waals surface area contributed by atoms with Crippen molar-refractivity contribution in [1.29, 1.82) is 0 Å². The molecule has 0 radical (unpaired) electrons. The van der Waals surface area contributed by atoms with Crippen LogP contribution in [-0.2, 0) is 10.3 Å². The van der Waals surface area contributed by atoms with E-state index < -0.39 is 5.54 Å². The van der Waals surface area contributed by atoms with Crippen LogP contribution in [0.4, 0.5) is 10.1 Å². The minimum atomic E-state index is -1.05. The maximum Gasteiger partial charge on any atom is 0.248 e. The summed E-state index contributed by atoms with van der Waals surface area (Å²) in [6.45, 7) is 3.24. The molecule has 0 aromatic heterocycles. The first-order valence-electron chi connectivity index (χ1n) is 4.34. The van der Waals surface area contributed by atoms with Crippen molar-refractivity contribution in [3.8, 4) is 0 Å². The van der Waals surface area contributed by atoms with E-state index in [1.807, 2.05) is 0 Å². The third-order valence-electron chi connectivity index (χ3n) is 2.67. The van der Waals surface area contributed by atoms with Gasteiger partial charge in [0, 0.05) is 11.1 Å². The van der Waals surface area contributed by atoms with Gasteiger partial charge in [-0.15, -0.1) is 0 Å². The number of benzene rings is 1. The van der Waals surface area contributed by atoms with E-state index in [-0.39, 0.29) is 11.7 Å². The lowest BCUT2D eigenvalue weighted by Gasteiger charge is -2.15. The van der Waals surface area contributed by atoms with Gasteiger partial charge in [-0.05, 0) is 19.9 Å². The number of carbonyl (C=O) groups is 1. The van der Waals surface area contributed by atoms with Crippen LogP contribution in [0.1, 0.15) is 18.1 Å². The zero-order chi connectivity index (χ0) is 10.5. The van der Waals surface area contributed by atoms with Gasteiger partial charge < -0.3 is 11.1 Å². The molecule has 3 nitrogen and oxygen atoms in total. The Morgan fingerprint density at radius 2 is 2.14 bits per heavy atom. The molecule has 0 fully saturated rings. The predicted molar refractivity (Wildman–Crippen MR) is 51.3 cm³/mol. The Labute approximate surface area is 81.1 Å². The molecule has 4 heteroatoms. The van der Waals surface area contributed by atoms with Crippen molar-refractivity contribution in [1.82, 2.24) is 0 Å². The van der Waals surface area contributed by atoms with Gasteiger partial charge in [0.2, 0.25) is 5.91 Å². The summed E-state index contributed by atoms with van der Waals surface area (Å²) in [4.78, 5) is 11.5. The number of carbonyl (C=O) groups excluding carboxylic acids is 1. The monoisotopic (exact) mass is 194 g/mol. The Morgan fingerprint density at radius 3 is 2.79 bits per heavy atom. The molecule has 1 aromatic rings. The van der Waals surface area contributed by atoms with E-state index >= 15 is 0 Å². The first-order valence-corrected chi connectivity index (χ1v) is 4.34. The molecule has 1 amide bonds. The SMILES string of the molecule is Cc1c(F)ccc2c1NC(=O)[C@@]2(C)N. The molecule has 2 rings (SSSR count). The van der Waals surface area contributed by atoms with Crippen LogP contribution in [0.2, 0.25) is 0 Å². The van der Waals surface area contributed by atoms with Crippen molar-refractivity contribution >= 4 is 11.6 Å². The topological polar surface area (TPSA) is 55.1 Å². The zero-order valence-corrected chi connectivity index (χ0v) is 8.02. The van der Waals surface area contributed by atoms with Crippen LogP contribution in [-0.4, -0.2) is 5.91 Å². The number of nitrogens with two attached hydrogens (primary N) is 1. The average molecular weight is 194 g/mol. The normalized spacial score (nSPS) is 24.7.